The topological polar surface area (TPSA) is 121 Å². The summed E-state index contributed by atoms with van der Waals surface area (Å²) in [6.45, 7) is 3.78. The highest BCUT2D eigenvalue weighted by molar-refractivity contribution is 8.00. The van der Waals surface area contributed by atoms with Gasteiger partial charge in [0.25, 0.3) is 0 Å². The summed E-state index contributed by atoms with van der Waals surface area (Å²) in [5.41, 5.74) is 0.554. The van der Waals surface area contributed by atoms with Gasteiger partial charge in [-0.25, -0.2) is 0 Å². The summed E-state index contributed by atoms with van der Waals surface area (Å²) < 4.78 is 4.16. The van der Waals surface area contributed by atoms with E-state index in [1.54, 1.807) is 25.1 Å². The SMILES string of the molecule is CCSc1nsc(NC(=O)C(C)Sc2cccc(NC(=O)CCC(=O)O)c2)n1. The Hall–Kier alpha value is -2.11. The van der Waals surface area contributed by atoms with Crippen molar-refractivity contribution in [1.29, 1.82) is 0 Å². The molecule has 0 saturated heterocycles. The van der Waals surface area contributed by atoms with E-state index >= 15 is 0 Å². The predicted octanol–water partition coefficient (Wildman–Crippen LogP) is 3.57. The van der Waals surface area contributed by atoms with Gasteiger partial charge in [-0.15, -0.1) is 11.8 Å². The number of carboxylic acids is 1. The first kappa shape index (κ1) is 22.2. The van der Waals surface area contributed by atoms with Crippen LogP contribution in [0.4, 0.5) is 10.8 Å². The van der Waals surface area contributed by atoms with Gasteiger partial charge in [0.15, 0.2) is 0 Å². The van der Waals surface area contributed by atoms with Crippen LogP contribution in [-0.4, -0.2) is 43.3 Å². The van der Waals surface area contributed by atoms with E-state index in [9.17, 15) is 14.4 Å². The molecule has 150 valence electrons. The number of benzene rings is 1. The Kier molecular flexibility index (Phi) is 8.74. The third-order valence-electron chi connectivity index (χ3n) is 3.28. The van der Waals surface area contributed by atoms with Crippen molar-refractivity contribution in [3.63, 3.8) is 0 Å². The summed E-state index contributed by atoms with van der Waals surface area (Å²) in [7, 11) is 0. The second-order valence-electron chi connectivity index (χ2n) is 5.53. The lowest BCUT2D eigenvalue weighted by atomic mass is 10.2. The first-order valence-corrected chi connectivity index (χ1v) is 11.1. The molecule has 2 aromatic rings. The Morgan fingerprint density at radius 3 is 2.75 bits per heavy atom. The Morgan fingerprint density at radius 2 is 2.04 bits per heavy atom. The molecule has 8 nitrogen and oxygen atoms in total. The van der Waals surface area contributed by atoms with Gasteiger partial charge in [0, 0.05) is 28.5 Å². The first-order valence-electron chi connectivity index (χ1n) is 8.43. The zero-order valence-corrected chi connectivity index (χ0v) is 17.7. The Labute approximate surface area is 175 Å². The quantitative estimate of drug-likeness (QED) is 0.479. The third kappa shape index (κ3) is 7.49. The first-order chi connectivity index (χ1) is 13.4. The summed E-state index contributed by atoms with van der Waals surface area (Å²) in [6, 6.07) is 7.05. The molecule has 0 saturated carbocycles. The van der Waals surface area contributed by atoms with E-state index in [0.29, 0.717) is 16.0 Å². The van der Waals surface area contributed by atoms with E-state index in [2.05, 4.69) is 20.0 Å². The van der Waals surface area contributed by atoms with E-state index in [1.807, 2.05) is 13.0 Å². The maximum atomic E-state index is 12.4. The number of nitrogens with zero attached hydrogens (tertiary/aromatic N) is 2. The van der Waals surface area contributed by atoms with E-state index in [0.717, 1.165) is 22.2 Å². The number of aromatic nitrogens is 2. The number of aliphatic carboxylic acids is 1. The number of carboxylic acid groups (broad SMARTS) is 1. The lowest BCUT2D eigenvalue weighted by Gasteiger charge is -2.11. The second kappa shape index (κ2) is 11.0. The Bertz CT molecular complexity index is 843. The molecule has 0 aliphatic rings. The smallest absolute Gasteiger partial charge is 0.303 e. The third-order valence-corrected chi connectivity index (χ3v) is 5.85. The minimum absolute atomic E-state index is 0.0916. The summed E-state index contributed by atoms with van der Waals surface area (Å²) in [5.74, 6) is -0.716. The summed E-state index contributed by atoms with van der Waals surface area (Å²) in [5, 5.41) is 14.8. The van der Waals surface area contributed by atoms with Crippen LogP contribution in [0.1, 0.15) is 26.7 Å². The number of hydrogen-bond donors (Lipinski definition) is 3. The highest BCUT2D eigenvalue weighted by Gasteiger charge is 2.17. The van der Waals surface area contributed by atoms with Crippen LogP contribution in [-0.2, 0) is 14.4 Å². The van der Waals surface area contributed by atoms with Crippen molar-refractivity contribution in [2.45, 2.75) is 42.0 Å². The van der Waals surface area contributed by atoms with E-state index in [4.69, 9.17) is 5.11 Å². The van der Waals surface area contributed by atoms with Gasteiger partial charge in [0.2, 0.25) is 22.1 Å². The van der Waals surface area contributed by atoms with E-state index in [1.165, 1.54) is 23.5 Å². The van der Waals surface area contributed by atoms with Crippen LogP contribution < -0.4 is 10.6 Å². The minimum atomic E-state index is -1.02. The minimum Gasteiger partial charge on any atom is -0.481 e. The average molecular weight is 441 g/mol. The molecule has 1 heterocycles. The number of hydrogen-bond acceptors (Lipinski definition) is 8. The van der Waals surface area contributed by atoms with Crippen molar-refractivity contribution in [1.82, 2.24) is 9.36 Å². The molecule has 0 fully saturated rings. The molecule has 0 bridgehead atoms. The van der Waals surface area contributed by atoms with Crippen molar-refractivity contribution in [3.8, 4) is 0 Å². The van der Waals surface area contributed by atoms with Crippen LogP contribution >= 0.6 is 35.1 Å². The molecule has 11 heteroatoms. The van der Waals surface area contributed by atoms with E-state index < -0.39 is 5.97 Å². The number of amides is 2. The number of nitrogens with one attached hydrogen (secondary N) is 2. The predicted molar refractivity (Wildman–Crippen MR) is 112 cm³/mol. The van der Waals surface area contributed by atoms with Crippen LogP contribution in [0, 0.1) is 0 Å². The van der Waals surface area contributed by atoms with Gasteiger partial charge in [-0.05, 0) is 30.9 Å². The molecule has 1 atom stereocenters. The molecule has 1 aromatic carbocycles. The zero-order valence-electron chi connectivity index (χ0n) is 15.3. The Balaban J connectivity index is 1.90. The maximum Gasteiger partial charge on any atom is 0.303 e. The lowest BCUT2D eigenvalue weighted by molar-refractivity contribution is -0.138. The number of carbonyl (C=O) groups excluding carboxylic acids is 2. The average Bonchev–Trinajstić information content (AvgIpc) is 3.07. The molecular formula is C17H20N4O4S3. The summed E-state index contributed by atoms with van der Waals surface area (Å²) in [4.78, 5) is 39.7. The highest BCUT2D eigenvalue weighted by atomic mass is 32.2. The number of anilines is 2. The largest absolute Gasteiger partial charge is 0.481 e. The van der Waals surface area contributed by atoms with Crippen LogP contribution in [0.25, 0.3) is 0 Å². The highest BCUT2D eigenvalue weighted by Crippen LogP contribution is 2.27. The fourth-order valence-electron chi connectivity index (χ4n) is 2.00. The lowest BCUT2D eigenvalue weighted by Crippen LogP contribution is -2.22. The van der Waals surface area contributed by atoms with Crippen LogP contribution in [0.5, 0.6) is 0 Å². The van der Waals surface area contributed by atoms with Crippen molar-refractivity contribution in [2.75, 3.05) is 16.4 Å². The molecule has 0 radical (unpaired) electrons. The van der Waals surface area contributed by atoms with E-state index in [-0.39, 0.29) is 29.9 Å². The van der Waals surface area contributed by atoms with Crippen molar-refractivity contribution in [2.24, 2.45) is 0 Å². The van der Waals surface area contributed by atoms with Crippen LogP contribution in [0.2, 0.25) is 0 Å². The van der Waals surface area contributed by atoms with Gasteiger partial charge in [0.05, 0.1) is 11.7 Å². The monoisotopic (exact) mass is 440 g/mol. The Morgan fingerprint density at radius 1 is 1.25 bits per heavy atom. The molecule has 1 aromatic heterocycles. The van der Waals surface area contributed by atoms with Gasteiger partial charge in [-0.3, -0.25) is 19.7 Å². The number of carbonyl (C=O) groups is 3. The summed E-state index contributed by atoms with van der Waals surface area (Å²) >= 11 is 4.00. The fraction of sp³-hybridized carbons (Fsp3) is 0.353. The molecule has 1 unspecified atom stereocenters. The molecule has 28 heavy (non-hydrogen) atoms. The number of thioether (sulfide) groups is 2. The molecule has 0 spiro atoms. The number of rotatable bonds is 10. The standard InChI is InChI=1S/C17H20N4O4S3/c1-3-26-17-20-16(28-21-17)19-15(25)10(2)27-12-6-4-5-11(9-12)18-13(22)7-8-14(23)24/h4-6,9-10H,3,7-8H2,1-2H3,(H,18,22)(H,23,24)(H,19,20,21,25). The molecule has 0 aliphatic heterocycles. The second-order valence-corrected chi connectivity index (χ2v) is 8.93. The molecule has 2 amide bonds. The van der Waals surface area contributed by atoms with Gasteiger partial charge in [0.1, 0.15) is 0 Å². The molecule has 0 aliphatic carbocycles. The van der Waals surface area contributed by atoms with Gasteiger partial charge in [-0.2, -0.15) is 9.36 Å². The van der Waals surface area contributed by atoms with Crippen LogP contribution in [0.15, 0.2) is 34.3 Å². The zero-order chi connectivity index (χ0) is 20.5. The van der Waals surface area contributed by atoms with Gasteiger partial charge in [-0.1, -0.05) is 24.8 Å². The fourth-order valence-corrected chi connectivity index (χ4v) is 4.20. The molecular weight excluding hydrogens is 420 g/mol. The van der Waals surface area contributed by atoms with Crippen molar-refractivity contribution < 1.29 is 19.5 Å². The molecule has 3 N–H and O–H groups in total. The van der Waals surface area contributed by atoms with Gasteiger partial charge >= 0.3 is 5.97 Å². The summed E-state index contributed by atoms with van der Waals surface area (Å²) in [6.07, 6.45) is -0.312. The maximum absolute atomic E-state index is 12.4. The van der Waals surface area contributed by atoms with Crippen molar-refractivity contribution in [3.05, 3.63) is 24.3 Å². The van der Waals surface area contributed by atoms with Crippen LogP contribution in [0.3, 0.4) is 0 Å². The normalized spacial score (nSPS) is 11.6. The molecule has 2 rings (SSSR count). The van der Waals surface area contributed by atoms with Gasteiger partial charge < -0.3 is 10.4 Å². The van der Waals surface area contributed by atoms with Crippen molar-refractivity contribution >= 4 is 63.7 Å².